The molecule has 2 aromatic rings. The Bertz CT molecular complexity index is 622. The molecule has 2 N–H and O–H groups in total. The maximum absolute atomic E-state index is 12.8. The molecule has 1 aromatic heterocycles. The molecule has 0 fully saturated rings. The number of hydrogen-bond donors (Lipinski definition) is 2. The first-order valence-corrected chi connectivity index (χ1v) is 6.77. The highest BCUT2D eigenvalue weighted by Gasteiger charge is 2.15. The first kappa shape index (κ1) is 15.2. The van der Waals surface area contributed by atoms with E-state index in [0.717, 1.165) is 5.69 Å². The summed E-state index contributed by atoms with van der Waals surface area (Å²) in [7, 11) is 0. The van der Waals surface area contributed by atoms with Crippen LogP contribution in [0.25, 0.3) is 0 Å². The fourth-order valence-corrected chi connectivity index (χ4v) is 2.05. The van der Waals surface area contributed by atoms with Gasteiger partial charge in [-0.3, -0.25) is 9.48 Å². The lowest BCUT2D eigenvalue weighted by Gasteiger charge is -2.12. The van der Waals surface area contributed by atoms with Crippen LogP contribution in [0.4, 0.5) is 4.39 Å². The molecule has 1 heterocycles. The fraction of sp³-hybridized carbons (Fsp3) is 0.333. The van der Waals surface area contributed by atoms with Gasteiger partial charge < -0.3 is 10.4 Å². The number of hydrogen-bond acceptors (Lipinski definition) is 3. The third kappa shape index (κ3) is 3.66. The van der Waals surface area contributed by atoms with Crippen molar-refractivity contribution in [3.8, 4) is 0 Å². The molecular weight excluding hydrogens is 273 g/mol. The number of carbonyl (C=O) groups excluding carboxylic acids is 1. The molecule has 1 amide bonds. The number of carbonyl (C=O) groups is 1. The highest BCUT2D eigenvalue weighted by Crippen LogP contribution is 2.13. The van der Waals surface area contributed by atoms with E-state index < -0.39 is 6.10 Å². The number of aromatic nitrogens is 2. The van der Waals surface area contributed by atoms with Gasteiger partial charge in [0.2, 0.25) is 0 Å². The summed E-state index contributed by atoms with van der Waals surface area (Å²) in [5.74, 6) is -0.657. The van der Waals surface area contributed by atoms with E-state index in [-0.39, 0.29) is 18.3 Å². The molecule has 1 unspecified atom stereocenters. The van der Waals surface area contributed by atoms with Crippen LogP contribution in [0.15, 0.2) is 30.3 Å². The molecule has 0 saturated heterocycles. The van der Waals surface area contributed by atoms with Crippen molar-refractivity contribution in [2.45, 2.75) is 26.5 Å². The zero-order valence-corrected chi connectivity index (χ0v) is 12.0. The van der Waals surface area contributed by atoms with Crippen LogP contribution in [0.2, 0.25) is 0 Å². The zero-order chi connectivity index (χ0) is 15.4. The molecule has 2 rings (SSSR count). The molecule has 112 valence electrons. The molecule has 21 heavy (non-hydrogen) atoms. The molecule has 1 atom stereocenters. The van der Waals surface area contributed by atoms with Crippen molar-refractivity contribution >= 4 is 5.91 Å². The lowest BCUT2D eigenvalue weighted by molar-refractivity contribution is 0.0905. The van der Waals surface area contributed by atoms with Gasteiger partial charge in [0, 0.05) is 13.1 Å². The zero-order valence-electron chi connectivity index (χ0n) is 12.0. The van der Waals surface area contributed by atoms with Crippen LogP contribution in [0.1, 0.15) is 34.8 Å². The topological polar surface area (TPSA) is 67.2 Å². The minimum absolute atomic E-state index is 0.0540. The summed E-state index contributed by atoms with van der Waals surface area (Å²) in [6.45, 7) is 4.36. The Balaban J connectivity index is 1.98. The number of aliphatic hydroxyl groups excluding tert-OH is 1. The average Bonchev–Trinajstić information content (AvgIpc) is 2.86. The van der Waals surface area contributed by atoms with Crippen molar-refractivity contribution in [2.75, 3.05) is 6.54 Å². The minimum Gasteiger partial charge on any atom is -0.387 e. The van der Waals surface area contributed by atoms with Crippen molar-refractivity contribution in [1.82, 2.24) is 15.1 Å². The molecule has 0 aliphatic carbocycles. The number of benzene rings is 1. The van der Waals surface area contributed by atoms with Gasteiger partial charge in [-0.2, -0.15) is 5.10 Å². The quantitative estimate of drug-likeness (QED) is 0.883. The van der Waals surface area contributed by atoms with Gasteiger partial charge in [0.25, 0.3) is 5.91 Å². The molecule has 5 nitrogen and oxygen atoms in total. The minimum atomic E-state index is -0.881. The van der Waals surface area contributed by atoms with Crippen molar-refractivity contribution < 1.29 is 14.3 Å². The monoisotopic (exact) mass is 291 g/mol. The number of nitrogens with one attached hydrogen (secondary N) is 1. The summed E-state index contributed by atoms with van der Waals surface area (Å²) < 4.78 is 14.4. The predicted molar refractivity (Wildman–Crippen MR) is 76.3 cm³/mol. The van der Waals surface area contributed by atoms with Crippen LogP contribution >= 0.6 is 0 Å². The van der Waals surface area contributed by atoms with Gasteiger partial charge in [-0.15, -0.1) is 0 Å². The van der Waals surface area contributed by atoms with Crippen LogP contribution in [0, 0.1) is 12.7 Å². The van der Waals surface area contributed by atoms with Crippen LogP contribution in [0.3, 0.4) is 0 Å². The van der Waals surface area contributed by atoms with E-state index in [9.17, 15) is 14.3 Å². The largest absolute Gasteiger partial charge is 0.387 e. The number of halogens is 1. The molecule has 0 bridgehead atoms. The molecule has 6 heteroatoms. The Morgan fingerprint density at radius 3 is 2.71 bits per heavy atom. The molecule has 0 spiro atoms. The van der Waals surface area contributed by atoms with E-state index in [2.05, 4.69) is 10.4 Å². The number of amides is 1. The number of aryl methyl sites for hydroxylation is 2. The number of nitrogens with zero attached hydrogens (tertiary/aromatic N) is 2. The first-order valence-electron chi connectivity index (χ1n) is 6.77. The van der Waals surface area contributed by atoms with E-state index in [4.69, 9.17) is 0 Å². The van der Waals surface area contributed by atoms with Gasteiger partial charge in [0.05, 0.1) is 11.8 Å². The highest BCUT2D eigenvalue weighted by molar-refractivity contribution is 5.92. The number of rotatable bonds is 5. The van der Waals surface area contributed by atoms with Crippen molar-refractivity contribution in [3.63, 3.8) is 0 Å². The Kier molecular flexibility index (Phi) is 4.70. The van der Waals surface area contributed by atoms with E-state index in [1.807, 2.05) is 13.8 Å². The molecule has 0 aliphatic heterocycles. The summed E-state index contributed by atoms with van der Waals surface area (Å²) in [5, 5.41) is 16.8. The van der Waals surface area contributed by atoms with E-state index in [1.165, 1.54) is 24.3 Å². The van der Waals surface area contributed by atoms with E-state index in [0.29, 0.717) is 17.8 Å². The van der Waals surface area contributed by atoms with Crippen LogP contribution in [0.5, 0.6) is 0 Å². The Hall–Kier alpha value is -2.21. The second-order valence-corrected chi connectivity index (χ2v) is 4.76. The average molecular weight is 291 g/mol. The van der Waals surface area contributed by atoms with E-state index in [1.54, 1.807) is 10.7 Å². The summed E-state index contributed by atoms with van der Waals surface area (Å²) in [4.78, 5) is 12.1. The summed E-state index contributed by atoms with van der Waals surface area (Å²) in [6.07, 6.45) is -0.881. The summed E-state index contributed by atoms with van der Waals surface area (Å²) in [6, 6.07) is 7.23. The third-order valence-electron chi connectivity index (χ3n) is 3.15. The maximum atomic E-state index is 12.8. The van der Waals surface area contributed by atoms with Gasteiger partial charge >= 0.3 is 0 Å². The molecular formula is C15H18FN3O2. The summed E-state index contributed by atoms with van der Waals surface area (Å²) in [5.41, 5.74) is 1.78. The fourth-order valence-electron chi connectivity index (χ4n) is 2.05. The Morgan fingerprint density at radius 2 is 2.10 bits per heavy atom. The second kappa shape index (κ2) is 6.49. The number of aliphatic hydroxyl groups is 1. The van der Waals surface area contributed by atoms with Crippen LogP contribution in [-0.2, 0) is 6.54 Å². The molecule has 0 radical (unpaired) electrons. The molecule has 1 aromatic carbocycles. The van der Waals surface area contributed by atoms with Gasteiger partial charge in [0.1, 0.15) is 11.5 Å². The molecule has 0 aliphatic rings. The Morgan fingerprint density at radius 1 is 1.43 bits per heavy atom. The third-order valence-corrected chi connectivity index (χ3v) is 3.15. The SMILES string of the molecule is CCn1nc(C)cc1C(=O)NCC(O)c1ccc(F)cc1. The second-order valence-electron chi connectivity index (χ2n) is 4.76. The van der Waals surface area contributed by atoms with Gasteiger partial charge in [-0.1, -0.05) is 12.1 Å². The van der Waals surface area contributed by atoms with Crippen molar-refractivity contribution in [1.29, 1.82) is 0 Å². The lowest BCUT2D eigenvalue weighted by Crippen LogP contribution is -2.30. The smallest absolute Gasteiger partial charge is 0.269 e. The standard InChI is InChI=1S/C15H18FN3O2/c1-3-19-13(8-10(2)18-19)15(21)17-9-14(20)11-4-6-12(16)7-5-11/h4-8,14,20H,3,9H2,1-2H3,(H,17,21). The van der Waals surface area contributed by atoms with Crippen molar-refractivity contribution in [3.05, 3.63) is 53.1 Å². The lowest BCUT2D eigenvalue weighted by atomic mass is 10.1. The Labute approximate surface area is 122 Å². The van der Waals surface area contributed by atoms with Gasteiger partial charge in [-0.05, 0) is 37.6 Å². The first-order chi connectivity index (χ1) is 10.0. The van der Waals surface area contributed by atoms with Gasteiger partial charge in [-0.25, -0.2) is 4.39 Å². The summed E-state index contributed by atoms with van der Waals surface area (Å²) >= 11 is 0. The highest BCUT2D eigenvalue weighted by atomic mass is 19.1. The molecule has 0 saturated carbocycles. The van der Waals surface area contributed by atoms with Crippen molar-refractivity contribution in [2.24, 2.45) is 0 Å². The normalized spacial score (nSPS) is 12.2. The predicted octanol–water partition coefficient (Wildman–Crippen LogP) is 1.81. The van der Waals surface area contributed by atoms with Crippen LogP contribution < -0.4 is 5.32 Å². The van der Waals surface area contributed by atoms with Crippen LogP contribution in [-0.4, -0.2) is 27.3 Å². The van der Waals surface area contributed by atoms with E-state index >= 15 is 0 Å². The maximum Gasteiger partial charge on any atom is 0.269 e. The van der Waals surface area contributed by atoms with Gasteiger partial charge in [0.15, 0.2) is 0 Å².